The first-order chi connectivity index (χ1) is 6.09. The van der Waals surface area contributed by atoms with Gasteiger partial charge in [0.05, 0.1) is 14.7 Å². The zero-order valence-electron chi connectivity index (χ0n) is 6.21. The zero-order valence-corrected chi connectivity index (χ0v) is 8.54. The zero-order chi connectivity index (χ0) is 9.59. The van der Waals surface area contributed by atoms with Crippen LogP contribution in [0.15, 0.2) is 6.07 Å². The summed E-state index contributed by atoms with van der Waals surface area (Å²) in [7, 11) is 0. The van der Waals surface area contributed by atoms with Gasteiger partial charge in [-0.15, -0.1) is 0 Å². The molecule has 3 nitrogen and oxygen atoms in total. The molecule has 0 spiro atoms. The Hall–Kier alpha value is -0.710. The van der Waals surface area contributed by atoms with Gasteiger partial charge in [-0.05, 0) is 6.07 Å². The predicted molar refractivity (Wildman–Crippen MR) is 55.7 cm³/mol. The van der Waals surface area contributed by atoms with E-state index in [0.29, 0.717) is 20.4 Å². The summed E-state index contributed by atoms with van der Waals surface area (Å²) in [5.41, 5.74) is 5.83. The Morgan fingerprint density at radius 1 is 1.38 bits per heavy atom. The summed E-state index contributed by atoms with van der Waals surface area (Å²) in [4.78, 5) is 3.91. The van der Waals surface area contributed by atoms with E-state index in [1.165, 1.54) is 17.4 Å². The maximum absolute atomic E-state index is 9.49. The molecule has 0 bridgehead atoms. The number of nitrogens with zero attached hydrogens (tertiary/aromatic N) is 1. The van der Waals surface area contributed by atoms with Gasteiger partial charge >= 0.3 is 0 Å². The average Bonchev–Trinajstić information content (AvgIpc) is 2.44. The van der Waals surface area contributed by atoms with Crippen molar-refractivity contribution in [3.8, 4) is 5.75 Å². The summed E-state index contributed by atoms with van der Waals surface area (Å²) in [5, 5.41) is 10.5. The molecule has 0 fully saturated rings. The van der Waals surface area contributed by atoms with E-state index in [2.05, 4.69) is 4.98 Å². The second-order valence-corrected chi connectivity index (χ2v) is 4.26. The van der Waals surface area contributed by atoms with Crippen molar-refractivity contribution in [2.24, 2.45) is 0 Å². The number of phenolic OH excluding ortho intramolecular Hbond substituents is 1. The monoisotopic (exact) mass is 234 g/mol. The predicted octanol–water partition coefficient (Wildman–Crippen LogP) is 2.89. The van der Waals surface area contributed by atoms with Crippen LogP contribution in [-0.4, -0.2) is 10.1 Å². The van der Waals surface area contributed by atoms with Crippen LogP contribution in [0.25, 0.3) is 10.2 Å². The Kier molecular flexibility index (Phi) is 1.98. The Bertz CT molecular complexity index is 483. The lowest BCUT2D eigenvalue weighted by Gasteiger charge is -1.97. The molecule has 1 aromatic heterocycles. The second-order valence-electron chi connectivity index (χ2n) is 2.42. The Labute approximate surface area is 87.7 Å². The van der Waals surface area contributed by atoms with Crippen molar-refractivity contribution in [1.82, 2.24) is 4.98 Å². The van der Waals surface area contributed by atoms with Crippen molar-refractivity contribution < 1.29 is 5.11 Å². The second kappa shape index (κ2) is 2.90. The van der Waals surface area contributed by atoms with Crippen LogP contribution in [-0.2, 0) is 0 Å². The van der Waals surface area contributed by atoms with Crippen molar-refractivity contribution in [2.75, 3.05) is 5.73 Å². The highest BCUT2D eigenvalue weighted by molar-refractivity contribution is 7.22. The van der Waals surface area contributed by atoms with Crippen LogP contribution in [0.3, 0.4) is 0 Å². The number of halogens is 2. The number of hydrogen-bond acceptors (Lipinski definition) is 4. The lowest BCUT2D eigenvalue weighted by molar-refractivity contribution is 0.481. The summed E-state index contributed by atoms with van der Waals surface area (Å²) in [6.45, 7) is 0. The molecule has 0 atom stereocenters. The van der Waals surface area contributed by atoms with E-state index in [1.54, 1.807) is 0 Å². The van der Waals surface area contributed by atoms with E-state index < -0.39 is 0 Å². The fourth-order valence-corrected chi connectivity index (χ4v) is 2.33. The number of nitrogens with two attached hydrogens (primary N) is 1. The average molecular weight is 235 g/mol. The van der Waals surface area contributed by atoms with E-state index in [4.69, 9.17) is 28.9 Å². The molecule has 0 unspecified atom stereocenters. The van der Waals surface area contributed by atoms with Gasteiger partial charge < -0.3 is 10.8 Å². The largest absolute Gasteiger partial charge is 0.504 e. The van der Waals surface area contributed by atoms with Gasteiger partial charge in [-0.25, -0.2) is 4.98 Å². The van der Waals surface area contributed by atoms with Crippen molar-refractivity contribution in [3.05, 3.63) is 16.1 Å². The molecule has 0 aliphatic heterocycles. The van der Waals surface area contributed by atoms with Gasteiger partial charge in [-0.2, -0.15) is 0 Å². The van der Waals surface area contributed by atoms with Crippen LogP contribution in [0.5, 0.6) is 5.75 Å². The molecule has 0 radical (unpaired) electrons. The molecular formula is C7H4Cl2N2OS. The fourth-order valence-electron chi connectivity index (χ4n) is 1.02. The molecule has 0 amide bonds. The van der Waals surface area contributed by atoms with Crippen LogP contribution >= 0.6 is 34.5 Å². The number of rotatable bonds is 0. The summed E-state index contributed by atoms with van der Waals surface area (Å²) in [6, 6.07) is 1.47. The van der Waals surface area contributed by atoms with E-state index in [-0.39, 0.29) is 10.8 Å². The maximum atomic E-state index is 9.49. The van der Waals surface area contributed by atoms with E-state index >= 15 is 0 Å². The normalized spacial score (nSPS) is 10.9. The molecule has 68 valence electrons. The fraction of sp³-hybridized carbons (Fsp3) is 0. The number of nitrogen functional groups attached to an aromatic ring is 1. The van der Waals surface area contributed by atoms with Gasteiger partial charge in [0.1, 0.15) is 5.52 Å². The Morgan fingerprint density at radius 3 is 2.77 bits per heavy atom. The third-order valence-corrected chi connectivity index (χ3v) is 3.18. The van der Waals surface area contributed by atoms with Gasteiger partial charge in [0.25, 0.3) is 0 Å². The standard InChI is InChI=1S/C7H4Cl2N2OS/c8-2-1-3(9)6-4(5(2)12)11-7(10)13-6/h1,12H,(H2,10,11). The van der Waals surface area contributed by atoms with E-state index in [1.807, 2.05) is 0 Å². The molecule has 13 heavy (non-hydrogen) atoms. The number of fused-ring (bicyclic) bond motifs is 1. The highest BCUT2D eigenvalue weighted by atomic mass is 35.5. The molecule has 2 rings (SSSR count). The van der Waals surface area contributed by atoms with Crippen LogP contribution in [0.1, 0.15) is 0 Å². The summed E-state index contributed by atoms with van der Waals surface area (Å²) >= 11 is 12.8. The van der Waals surface area contributed by atoms with E-state index in [9.17, 15) is 5.11 Å². The molecule has 0 aliphatic carbocycles. The first-order valence-electron chi connectivity index (χ1n) is 3.32. The topological polar surface area (TPSA) is 59.1 Å². The number of aromatic nitrogens is 1. The number of aromatic hydroxyl groups is 1. The van der Waals surface area contributed by atoms with Gasteiger partial charge in [-0.1, -0.05) is 34.5 Å². The SMILES string of the molecule is Nc1nc2c(O)c(Cl)cc(Cl)c2s1. The van der Waals surface area contributed by atoms with Crippen molar-refractivity contribution in [3.63, 3.8) is 0 Å². The molecule has 6 heteroatoms. The number of hydrogen-bond donors (Lipinski definition) is 2. The molecule has 0 saturated carbocycles. The van der Waals surface area contributed by atoms with Crippen molar-refractivity contribution in [2.45, 2.75) is 0 Å². The number of benzene rings is 1. The third kappa shape index (κ3) is 1.31. The number of anilines is 1. The molecule has 3 N–H and O–H groups in total. The van der Waals surface area contributed by atoms with Crippen LogP contribution in [0.2, 0.25) is 10.0 Å². The minimum atomic E-state index is -0.0750. The molecular weight excluding hydrogens is 231 g/mol. The minimum Gasteiger partial charge on any atom is -0.504 e. The highest BCUT2D eigenvalue weighted by Gasteiger charge is 2.13. The first-order valence-corrected chi connectivity index (χ1v) is 4.90. The van der Waals surface area contributed by atoms with Crippen molar-refractivity contribution >= 4 is 49.9 Å². The Morgan fingerprint density at radius 2 is 2.08 bits per heavy atom. The van der Waals surface area contributed by atoms with Crippen molar-refractivity contribution in [1.29, 1.82) is 0 Å². The van der Waals surface area contributed by atoms with Gasteiger partial charge in [0.15, 0.2) is 10.9 Å². The lowest BCUT2D eigenvalue weighted by atomic mass is 10.3. The molecule has 0 aliphatic rings. The first kappa shape index (κ1) is 8.87. The van der Waals surface area contributed by atoms with Crippen LogP contribution in [0.4, 0.5) is 5.13 Å². The molecule has 1 heterocycles. The minimum absolute atomic E-state index is 0.0750. The van der Waals surface area contributed by atoms with Crippen LogP contribution < -0.4 is 5.73 Å². The van der Waals surface area contributed by atoms with E-state index in [0.717, 1.165) is 0 Å². The summed E-state index contributed by atoms with van der Waals surface area (Å²) < 4.78 is 0.654. The molecule has 2 aromatic rings. The molecule has 1 aromatic carbocycles. The number of phenols is 1. The highest BCUT2D eigenvalue weighted by Crippen LogP contribution is 2.40. The van der Waals surface area contributed by atoms with Gasteiger partial charge in [0, 0.05) is 0 Å². The Balaban J connectivity index is 2.95. The number of thiazole rings is 1. The third-order valence-electron chi connectivity index (χ3n) is 1.56. The van der Waals surface area contributed by atoms with Gasteiger partial charge in [0.2, 0.25) is 0 Å². The summed E-state index contributed by atoms with van der Waals surface area (Å²) in [5.74, 6) is -0.0750. The summed E-state index contributed by atoms with van der Waals surface area (Å²) in [6.07, 6.45) is 0. The van der Waals surface area contributed by atoms with Gasteiger partial charge in [-0.3, -0.25) is 0 Å². The lowest BCUT2D eigenvalue weighted by Crippen LogP contribution is -1.80. The quantitative estimate of drug-likeness (QED) is 0.738. The molecule has 0 saturated heterocycles. The van der Waals surface area contributed by atoms with Crippen LogP contribution in [0, 0.1) is 0 Å². The smallest absolute Gasteiger partial charge is 0.181 e. The maximum Gasteiger partial charge on any atom is 0.181 e.